The van der Waals surface area contributed by atoms with Crippen molar-refractivity contribution in [1.82, 2.24) is 9.97 Å². The first-order valence-electron chi connectivity index (χ1n) is 6.64. The molecule has 0 saturated heterocycles. The first-order valence-corrected chi connectivity index (χ1v) is 6.64. The highest BCUT2D eigenvalue weighted by molar-refractivity contribution is 5.92. The first kappa shape index (κ1) is 14.8. The van der Waals surface area contributed by atoms with E-state index in [4.69, 9.17) is 10.5 Å². The number of nitrogens with two attached hydrogens (primary N) is 1. The maximum absolute atomic E-state index is 11.0. The molecule has 2 aromatic rings. The van der Waals surface area contributed by atoms with Gasteiger partial charge in [-0.1, -0.05) is 13.8 Å². The van der Waals surface area contributed by atoms with Crippen molar-refractivity contribution in [2.75, 3.05) is 12.4 Å². The quantitative estimate of drug-likeness (QED) is 0.881. The number of amides is 1. The zero-order valence-electron chi connectivity index (χ0n) is 12.3. The smallest absolute Gasteiger partial charge is 0.248 e. The molecule has 6 nitrogen and oxygen atoms in total. The molecule has 0 spiro atoms. The van der Waals surface area contributed by atoms with Crippen LogP contribution in [0.25, 0.3) is 0 Å². The average Bonchev–Trinajstić information content (AvgIpc) is 2.47. The third kappa shape index (κ3) is 3.68. The third-order valence-electron chi connectivity index (χ3n) is 2.85. The van der Waals surface area contributed by atoms with Crippen molar-refractivity contribution in [2.24, 2.45) is 5.73 Å². The van der Waals surface area contributed by atoms with Crippen LogP contribution in [0.4, 0.5) is 5.82 Å². The number of benzene rings is 1. The van der Waals surface area contributed by atoms with Crippen LogP contribution in [0.3, 0.4) is 0 Å². The predicted molar refractivity (Wildman–Crippen MR) is 80.7 cm³/mol. The largest absolute Gasteiger partial charge is 0.439 e. The van der Waals surface area contributed by atoms with Gasteiger partial charge in [-0.25, -0.2) is 4.98 Å². The molecular formula is C15H18N4O2. The molecule has 0 aliphatic heterocycles. The molecule has 0 fully saturated rings. The molecule has 6 heteroatoms. The van der Waals surface area contributed by atoms with E-state index in [1.807, 2.05) is 13.8 Å². The molecule has 2 rings (SSSR count). The molecular weight excluding hydrogens is 268 g/mol. The van der Waals surface area contributed by atoms with Gasteiger partial charge in [0.1, 0.15) is 17.4 Å². The number of ether oxygens (including phenoxy) is 1. The van der Waals surface area contributed by atoms with Crippen LogP contribution in [0, 0.1) is 0 Å². The topological polar surface area (TPSA) is 90.1 Å². The highest BCUT2D eigenvalue weighted by Gasteiger charge is 2.09. The summed E-state index contributed by atoms with van der Waals surface area (Å²) in [6, 6.07) is 8.29. The van der Waals surface area contributed by atoms with Crippen molar-refractivity contribution in [3.8, 4) is 11.6 Å². The average molecular weight is 286 g/mol. The Morgan fingerprint density at radius 2 is 1.90 bits per heavy atom. The molecule has 0 bridgehead atoms. The summed E-state index contributed by atoms with van der Waals surface area (Å²) in [6.45, 7) is 4.03. The number of primary amides is 1. The predicted octanol–water partition coefficient (Wildman–Crippen LogP) is 2.53. The minimum absolute atomic E-state index is 0.192. The van der Waals surface area contributed by atoms with Gasteiger partial charge >= 0.3 is 0 Å². The second-order valence-electron chi connectivity index (χ2n) is 4.85. The second-order valence-corrected chi connectivity index (χ2v) is 4.85. The lowest BCUT2D eigenvalue weighted by Crippen LogP contribution is -2.10. The van der Waals surface area contributed by atoms with Crippen molar-refractivity contribution in [2.45, 2.75) is 19.8 Å². The van der Waals surface area contributed by atoms with Gasteiger partial charge in [0, 0.05) is 24.6 Å². The summed E-state index contributed by atoms with van der Waals surface area (Å²) in [5, 5.41) is 2.98. The van der Waals surface area contributed by atoms with Gasteiger partial charge in [-0.3, -0.25) is 4.79 Å². The zero-order valence-corrected chi connectivity index (χ0v) is 12.3. The molecule has 0 aliphatic rings. The highest BCUT2D eigenvalue weighted by Crippen LogP contribution is 2.24. The number of carbonyl (C=O) groups excluding carboxylic acids is 1. The number of aromatic nitrogens is 2. The van der Waals surface area contributed by atoms with Crippen LogP contribution in [0.1, 0.15) is 35.9 Å². The molecule has 21 heavy (non-hydrogen) atoms. The molecule has 0 saturated carbocycles. The van der Waals surface area contributed by atoms with Gasteiger partial charge in [0.25, 0.3) is 0 Å². The van der Waals surface area contributed by atoms with Crippen molar-refractivity contribution in [3.63, 3.8) is 0 Å². The molecule has 1 aromatic carbocycles. The van der Waals surface area contributed by atoms with Gasteiger partial charge in [-0.15, -0.1) is 0 Å². The molecule has 110 valence electrons. The number of hydrogen-bond acceptors (Lipinski definition) is 5. The summed E-state index contributed by atoms with van der Waals surface area (Å²) in [6.07, 6.45) is 0. The van der Waals surface area contributed by atoms with E-state index in [0.717, 1.165) is 0 Å². The fourth-order valence-electron chi connectivity index (χ4n) is 1.69. The summed E-state index contributed by atoms with van der Waals surface area (Å²) in [5.41, 5.74) is 5.63. The lowest BCUT2D eigenvalue weighted by molar-refractivity contribution is 0.100. The van der Waals surface area contributed by atoms with Crippen molar-refractivity contribution in [1.29, 1.82) is 0 Å². The molecule has 0 radical (unpaired) electrons. The van der Waals surface area contributed by atoms with Crippen LogP contribution in [0.2, 0.25) is 0 Å². The van der Waals surface area contributed by atoms with Crippen LogP contribution in [-0.2, 0) is 0 Å². The number of nitrogens with one attached hydrogen (secondary N) is 1. The van der Waals surface area contributed by atoms with Gasteiger partial charge in [0.05, 0.1) is 0 Å². The summed E-state index contributed by atoms with van der Waals surface area (Å²) in [5.74, 6) is 2.14. The third-order valence-corrected chi connectivity index (χ3v) is 2.85. The second kappa shape index (κ2) is 6.21. The van der Waals surface area contributed by atoms with Crippen LogP contribution in [0.5, 0.6) is 11.6 Å². The van der Waals surface area contributed by atoms with Crippen LogP contribution in [-0.4, -0.2) is 22.9 Å². The molecule has 1 amide bonds. The Morgan fingerprint density at radius 3 is 2.43 bits per heavy atom. The van der Waals surface area contributed by atoms with Crippen molar-refractivity contribution >= 4 is 11.7 Å². The fourth-order valence-corrected chi connectivity index (χ4v) is 1.69. The maximum atomic E-state index is 11.0. The van der Waals surface area contributed by atoms with Crippen LogP contribution < -0.4 is 15.8 Å². The number of rotatable bonds is 5. The van der Waals surface area contributed by atoms with E-state index in [1.54, 1.807) is 37.4 Å². The first-order chi connectivity index (χ1) is 9.99. The summed E-state index contributed by atoms with van der Waals surface area (Å²) in [4.78, 5) is 19.8. The van der Waals surface area contributed by atoms with Gasteiger partial charge < -0.3 is 15.8 Å². The number of hydrogen-bond donors (Lipinski definition) is 2. The Balaban J connectivity index is 2.25. The normalized spacial score (nSPS) is 10.5. The van der Waals surface area contributed by atoms with Crippen molar-refractivity contribution in [3.05, 3.63) is 41.7 Å². The van der Waals surface area contributed by atoms with E-state index >= 15 is 0 Å². The van der Waals surface area contributed by atoms with Gasteiger partial charge in [0.2, 0.25) is 11.8 Å². The SMILES string of the molecule is CNc1cc(Oc2ccc(C(N)=O)cc2)nc(C(C)C)n1. The van der Waals surface area contributed by atoms with E-state index in [1.165, 1.54) is 0 Å². The number of anilines is 1. The van der Waals surface area contributed by atoms with E-state index in [2.05, 4.69) is 15.3 Å². The Bertz CT molecular complexity index is 639. The molecule has 1 heterocycles. The van der Waals surface area contributed by atoms with Crippen molar-refractivity contribution < 1.29 is 9.53 Å². The highest BCUT2D eigenvalue weighted by atomic mass is 16.5. The molecule has 1 aromatic heterocycles. The lowest BCUT2D eigenvalue weighted by atomic mass is 10.2. The number of nitrogens with zero attached hydrogens (tertiary/aromatic N) is 2. The molecule has 3 N–H and O–H groups in total. The Labute approximate surface area is 123 Å². The Morgan fingerprint density at radius 1 is 1.24 bits per heavy atom. The number of carbonyl (C=O) groups is 1. The zero-order chi connectivity index (χ0) is 15.4. The molecule has 0 aliphatic carbocycles. The summed E-state index contributed by atoms with van der Waals surface area (Å²) < 4.78 is 5.70. The Kier molecular flexibility index (Phi) is 4.37. The van der Waals surface area contributed by atoms with Gasteiger partial charge in [0.15, 0.2) is 0 Å². The minimum Gasteiger partial charge on any atom is -0.439 e. The van der Waals surface area contributed by atoms with Gasteiger partial charge in [-0.2, -0.15) is 4.98 Å². The van der Waals surface area contributed by atoms with Crippen LogP contribution >= 0.6 is 0 Å². The van der Waals surface area contributed by atoms with E-state index in [0.29, 0.717) is 28.8 Å². The maximum Gasteiger partial charge on any atom is 0.248 e. The fraction of sp³-hybridized carbons (Fsp3) is 0.267. The standard InChI is InChI=1S/C15H18N4O2/c1-9(2)15-18-12(17-3)8-13(19-15)21-11-6-4-10(5-7-11)14(16)20/h4-9H,1-3H3,(H2,16,20)(H,17,18,19). The monoisotopic (exact) mass is 286 g/mol. The molecule has 0 unspecified atom stereocenters. The Hall–Kier alpha value is -2.63. The molecule has 0 atom stereocenters. The van der Waals surface area contributed by atoms with Gasteiger partial charge in [-0.05, 0) is 24.3 Å². The van der Waals surface area contributed by atoms with E-state index < -0.39 is 5.91 Å². The van der Waals surface area contributed by atoms with Crippen LogP contribution in [0.15, 0.2) is 30.3 Å². The summed E-state index contributed by atoms with van der Waals surface area (Å²) >= 11 is 0. The lowest BCUT2D eigenvalue weighted by Gasteiger charge is -2.10. The van der Waals surface area contributed by atoms with E-state index in [9.17, 15) is 4.79 Å². The minimum atomic E-state index is -0.469. The summed E-state index contributed by atoms with van der Waals surface area (Å²) in [7, 11) is 1.79. The van der Waals surface area contributed by atoms with E-state index in [-0.39, 0.29) is 5.92 Å².